The van der Waals surface area contributed by atoms with Crippen LogP contribution in [0.1, 0.15) is 24.1 Å². The van der Waals surface area contributed by atoms with Gasteiger partial charge in [0.2, 0.25) is 5.82 Å². The molecule has 1 atom stereocenters. The summed E-state index contributed by atoms with van der Waals surface area (Å²) in [6.07, 6.45) is 0. The van der Waals surface area contributed by atoms with Crippen LogP contribution < -0.4 is 10.6 Å². The van der Waals surface area contributed by atoms with E-state index in [9.17, 15) is 10.1 Å². The molecule has 0 spiro atoms. The number of rotatable bonds is 5. The van der Waals surface area contributed by atoms with Crippen LogP contribution in [0.25, 0.3) is 0 Å². The Labute approximate surface area is 123 Å². The van der Waals surface area contributed by atoms with E-state index < -0.39 is 4.92 Å². The Hall–Kier alpha value is -2.63. The minimum absolute atomic E-state index is 0.0343. The van der Waals surface area contributed by atoms with Crippen molar-refractivity contribution in [1.29, 1.82) is 0 Å². The third-order valence-electron chi connectivity index (χ3n) is 3.26. The van der Waals surface area contributed by atoms with Gasteiger partial charge in [-0.15, -0.1) is 0 Å². The molecule has 0 amide bonds. The van der Waals surface area contributed by atoms with Crippen LogP contribution in [-0.4, -0.2) is 17.0 Å². The first-order chi connectivity index (χ1) is 10.0. The molecule has 6 nitrogen and oxygen atoms in total. The molecule has 0 aliphatic carbocycles. The van der Waals surface area contributed by atoms with Gasteiger partial charge in [0, 0.05) is 13.1 Å². The van der Waals surface area contributed by atoms with Crippen molar-refractivity contribution in [2.24, 2.45) is 0 Å². The van der Waals surface area contributed by atoms with Crippen molar-refractivity contribution in [1.82, 2.24) is 4.98 Å². The molecular weight excluding hydrogens is 268 g/mol. The number of anilines is 2. The molecule has 1 heterocycles. The highest BCUT2D eigenvalue weighted by Crippen LogP contribution is 2.27. The average molecular weight is 286 g/mol. The van der Waals surface area contributed by atoms with Crippen LogP contribution in [0.3, 0.4) is 0 Å². The number of nitrogens with one attached hydrogen (secondary N) is 2. The summed E-state index contributed by atoms with van der Waals surface area (Å²) < 4.78 is 0. The molecule has 21 heavy (non-hydrogen) atoms. The third-order valence-corrected chi connectivity index (χ3v) is 3.26. The second-order valence-electron chi connectivity index (χ2n) is 4.85. The van der Waals surface area contributed by atoms with E-state index in [0.717, 1.165) is 5.56 Å². The first kappa shape index (κ1) is 14.8. The maximum Gasteiger partial charge on any atom is 0.311 e. The Bertz CT molecular complexity index is 641. The summed E-state index contributed by atoms with van der Waals surface area (Å²) >= 11 is 0. The van der Waals surface area contributed by atoms with Gasteiger partial charge in [0.15, 0.2) is 0 Å². The van der Waals surface area contributed by atoms with Gasteiger partial charge in [0.1, 0.15) is 5.82 Å². The normalized spacial score (nSPS) is 11.8. The molecule has 2 N–H and O–H groups in total. The van der Waals surface area contributed by atoms with Crippen LogP contribution in [0.4, 0.5) is 17.3 Å². The van der Waals surface area contributed by atoms with E-state index >= 15 is 0 Å². The summed E-state index contributed by atoms with van der Waals surface area (Å²) in [6, 6.07) is 11.0. The highest BCUT2D eigenvalue weighted by Gasteiger charge is 2.18. The fraction of sp³-hybridized carbons (Fsp3) is 0.267. The summed E-state index contributed by atoms with van der Waals surface area (Å²) in [4.78, 5) is 14.9. The van der Waals surface area contributed by atoms with Crippen molar-refractivity contribution >= 4 is 17.3 Å². The minimum Gasteiger partial charge on any atom is -0.373 e. The van der Waals surface area contributed by atoms with Gasteiger partial charge < -0.3 is 10.6 Å². The van der Waals surface area contributed by atoms with E-state index in [1.165, 1.54) is 11.6 Å². The Morgan fingerprint density at radius 3 is 2.43 bits per heavy atom. The summed E-state index contributed by atoms with van der Waals surface area (Å²) in [6.45, 7) is 3.97. The summed E-state index contributed by atoms with van der Waals surface area (Å²) in [5.41, 5.74) is 2.19. The van der Waals surface area contributed by atoms with Crippen molar-refractivity contribution in [3.63, 3.8) is 0 Å². The lowest BCUT2D eigenvalue weighted by molar-refractivity contribution is -0.384. The molecule has 1 unspecified atom stereocenters. The van der Waals surface area contributed by atoms with E-state index in [1.54, 1.807) is 13.1 Å². The van der Waals surface area contributed by atoms with Crippen LogP contribution in [0, 0.1) is 17.0 Å². The highest BCUT2D eigenvalue weighted by molar-refractivity contribution is 5.60. The lowest BCUT2D eigenvalue weighted by Crippen LogP contribution is -2.10. The number of benzene rings is 1. The zero-order chi connectivity index (χ0) is 15.4. The van der Waals surface area contributed by atoms with E-state index in [4.69, 9.17) is 0 Å². The summed E-state index contributed by atoms with van der Waals surface area (Å²) in [7, 11) is 1.72. The van der Waals surface area contributed by atoms with Crippen LogP contribution >= 0.6 is 0 Å². The number of aryl methyl sites for hydroxylation is 1. The standard InChI is InChI=1S/C15H18N4O2/c1-10-4-6-12(7-5-10)11(2)17-15-13(19(20)21)8-9-14(16-3)18-15/h4-9,11H,1-3H3,(H2,16,17,18). The molecule has 110 valence electrons. The van der Waals surface area contributed by atoms with Crippen molar-refractivity contribution in [2.45, 2.75) is 19.9 Å². The number of pyridine rings is 1. The molecule has 2 rings (SSSR count). The zero-order valence-corrected chi connectivity index (χ0v) is 12.3. The molecule has 2 aromatic rings. The third kappa shape index (κ3) is 3.47. The average Bonchev–Trinajstić information content (AvgIpc) is 2.47. The minimum atomic E-state index is -0.434. The van der Waals surface area contributed by atoms with Crippen LogP contribution in [0.5, 0.6) is 0 Å². The van der Waals surface area contributed by atoms with Gasteiger partial charge in [-0.05, 0) is 25.5 Å². The van der Waals surface area contributed by atoms with Gasteiger partial charge >= 0.3 is 5.69 Å². The molecule has 0 aliphatic rings. The largest absolute Gasteiger partial charge is 0.373 e. The fourth-order valence-electron chi connectivity index (χ4n) is 1.99. The fourth-order valence-corrected chi connectivity index (χ4v) is 1.99. The zero-order valence-electron chi connectivity index (χ0n) is 12.3. The van der Waals surface area contributed by atoms with E-state index in [-0.39, 0.29) is 17.5 Å². The van der Waals surface area contributed by atoms with Crippen LogP contribution in [0.15, 0.2) is 36.4 Å². The van der Waals surface area contributed by atoms with Gasteiger partial charge in [0.05, 0.1) is 11.0 Å². The van der Waals surface area contributed by atoms with Gasteiger partial charge in [-0.2, -0.15) is 0 Å². The van der Waals surface area contributed by atoms with E-state index in [0.29, 0.717) is 5.82 Å². The quantitative estimate of drug-likeness (QED) is 0.649. The molecular formula is C15H18N4O2. The molecule has 0 saturated carbocycles. The maximum atomic E-state index is 11.1. The molecule has 6 heteroatoms. The maximum absolute atomic E-state index is 11.1. The monoisotopic (exact) mass is 286 g/mol. The number of nitro groups is 1. The van der Waals surface area contributed by atoms with E-state index in [1.807, 2.05) is 38.1 Å². The molecule has 0 aliphatic heterocycles. The first-order valence-corrected chi connectivity index (χ1v) is 6.67. The molecule has 1 aromatic carbocycles. The lowest BCUT2D eigenvalue weighted by atomic mass is 10.1. The van der Waals surface area contributed by atoms with Gasteiger partial charge in [0.25, 0.3) is 0 Å². The molecule has 0 bridgehead atoms. The summed E-state index contributed by atoms with van der Waals surface area (Å²) in [5.74, 6) is 0.846. The topological polar surface area (TPSA) is 80.1 Å². The number of hydrogen-bond donors (Lipinski definition) is 2. The van der Waals surface area contributed by atoms with Gasteiger partial charge in [-0.1, -0.05) is 29.8 Å². The summed E-state index contributed by atoms with van der Waals surface area (Å²) in [5, 5.41) is 17.1. The van der Waals surface area contributed by atoms with Crippen molar-refractivity contribution in [3.05, 3.63) is 57.6 Å². The Morgan fingerprint density at radius 2 is 1.86 bits per heavy atom. The number of nitrogens with zero attached hydrogens (tertiary/aromatic N) is 2. The highest BCUT2D eigenvalue weighted by atomic mass is 16.6. The lowest BCUT2D eigenvalue weighted by Gasteiger charge is -2.15. The van der Waals surface area contributed by atoms with Crippen molar-refractivity contribution in [2.75, 3.05) is 17.7 Å². The van der Waals surface area contributed by atoms with Crippen LogP contribution in [0.2, 0.25) is 0 Å². The first-order valence-electron chi connectivity index (χ1n) is 6.67. The molecule has 1 aromatic heterocycles. The predicted molar refractivity (Wildman–Crippen MR) is 83.7 cm³/mol. The van der Waals surface area contributed by atoms with Crippen LogP contribution in [-0.2, 0) is 0 Å². The van der Waals surface area contributed by atoms with Gasteiger partial charge in [-0.3, -0.25) is 10.1 Å². The number of aromatic nitrogens is 1. The van der Waals surface area contributed by atoms with Gasteiger partial charge in [-0.25, -0.2) is 4.98 Å². The SMILES string of the molecule is CNc1ccc([N+](=O)[O-])c(NC(C)c2ccc(C)cc2)n1. The number of hydrogen-bond acceptors (Lipinski definition) is 5. The molecule has 0 fully saturated rings. The predicted octanol–water partition coefficient (Wildman–Crippen LogP) is 3.51. The second kappa shape index (κ2) is 6.21. The van der Waals surface area contributed by atoms with Crippen molar-refractivity contribution < 1.29 is 4.92 Å². The van der Waals surface area contributed by atoms with Crippen molar-refractivity contribution in [3.8, 4) is 0 Å². The molecule has 0 saturated heterocycles. The Kier molecular flexibility index (Phi) is 4.37. The smallest absolute Gasteiger partial charge is 0.311 e. The Morgan fingerprint density at radius 1 is 1.19 bits per heavy atom. The molecule has 0 radical (unpaired) electrons. The van der Waals surface area contributed by atoms with E-state index in [2.05, 4.69) is 15.6 Å². The Balaban J connectivity index is 2.28. The second-order valence-corrected chi connectivity index (χ2v) is 4.85.